The van der Waals surface area contributed by atoms with Gasteiger partial charge in [0.25, 0.3) is 5.91 Å². The highest BCUT2D eigenvalue weighted by Gasteiger charge is 2.38. The molecule has 0 bridgehead atoms. The molecule has 0 saturated carbocycles. The molecular weight excluding hydrogens is 493 g/mol. The monoisotopic (exact) mass is 524 g/mol. The van der Waals surface area contributed by atoms with Gasteiger partial charge in [0.1, 0.15) is 6.04 Å². The van der Waals surface area contributed by atoms with Crippen LogP contribution in [0.15, 0.2) is 73.3 Å². The van der Waals surface area contributed by atoms with Gasteiger partial charge >= 0.3 is 12.1 Å². The number of halogens is 3. The van der Waals surface area contributed by atoms with E-state index in [4.69, 9.17) is 0 Å². The second-order valence-electron chi connectivity index (χ2n) is 9.72. The van der Waals surface area contributed by atoms with Gasteiger partial charge in [0.15, 0.2) is 0 Å². The van der Waals surface area contributed by atoms with Gasteiger partial charge in [-0.2, -0.15) is 13.2 Å². The normalized spacial score (nSPS) is 15.3. The molecule has 200 valence electrons. The highest BCUT2D eigenvalue weighted by Crippen LogP contribution is 2.37. The Kier molecular flexibility index (Phi) is 8.09. The van der Waals surface area contributed by atoms with Crippen LogP contribution < -0.4 is 4.90 Å². The van der Waals surface area contributed by atoms with E-state index in [2.05, 4.69) is 6.58 Å². The summed E-state index contributed by atoms with van der Waals surface area (Å²) in [6.07, 6.45) is -0.0422. The molecule has 5 nitrogen and oxygen atoms in total. The first-order valence-corrected chi connectivity index (χ1v) is 12.7. The van der Waals surface area contributed by atoms with E-state index in [1.54, 1.807) is 6.07 Å². The molecule has 3 aromatic carbocycles. The lowest BCUT2D eigenvalue weighted by atomic mass is 9.93. The summed E-state index contributed by atoms with van der Waals surface area (Å²) in [6.45, 7) is 6.05. The van der Waals surface area contributed by atoms with Crippen LogP contribution in [0.4, 0.5) is 18.9 Å². The summed E-state index contributed by atoms with van der Waals surface area (Å²) in [7, 11) is 0. The quantitative estimate of drug-likeness (QED) is 0.287. The molecule has 1 N–H and O–H groups in total. The molecule has 0 aliphatic carbocycles. The van der Waals surface area contributed by atoms with Crippen LogP contribution >= 0.6 is 0 Å². The van der Waals surface area contributed by atoms with E-state index in [0.29, 0.717) is 29.7 Å². The number of carbonyl (C=O) groups excluding carboxylic acids is 1. The molecule has 38 heavy (non-hydrogen) atoms. The van der Waals surface area contributed by atoms with Crippen molar-refractivity contribution in [3.63, 3.8) is 0 Å². The largest absolute Gasteiger partial charge is 0.480 e. The fourth-order valence-corrected chi connectivity index (χ4v) is 5.16. The summed E-state index contributed by atoms with van der Waals surface area (Å²) in [6, 6.07) is 15.0. The molecule has 1 aliphatic rings. The maximum Gasteiger partial charge on any atom is 0.416 e. The average Bonchev–Trinajstić information content (AvgIpc) is 2.89. The lowest BCUT2D eigenvalue weighted by Gasteiger charge is -2.41. The fourth-order valence-electron chi connectivity index (χ4n) is 5.16. The van der Waals surface area contributed by atoms with Crippen LogP contribution in [0.3, 0.4) is 0 Å². The van der Waals surface area contributed by atoms with Crippen molar-refractivity contribution in [2.45, 2.75) is 51.4 Å². The number of carboxylic acids is 1. The van der Waals surface area contributed by atoms with Gasteiger partial charge in [0.2, 0.25) is 0 Å². The van der Waals surface area contributed by atoms with Crippen LogP contribution in [0.5, 0.6) is 0 Å². The second kappa shape index (κ2) is 11.3. The molecular formula is C30H31F3N2O3. The van der Waals surface area contributed by atoms with Gasteiger partial charge in [-0.1, -0.05) is 61.9 Å². The number of hydrogen-bond donors (Lipinski definition) is 1. The molecule has 3 aromatic rings. The number of fused-ring (bicyclic) bond motifs is 3. The lowest BCUT2D eigenvalue weighted by molar-refractivity contribution is -0.143. The van der Waals surface area contributed by atoms with E-state index >= 15 is 0 Å². The summed E-state index contributed by atoms with van der Waals surface area (Å²) in [5.41, 5.74) is 0.923. The third-order valence-electron chi connectivity index (χ3n) is 7.27. The predicted octanol–water partition coefficient (Wildman–Crippen LogP) is 7.11. The van der Waals surface area contributed by atoms with Crippen molar-refractivity contribution in [3.05, 3.63) is 90.0 Å². The fraction of sp³-hybridized carbons (Fsp3) is 0.333. The first-order valence-electron chi connectivity index (χ1n) is 12.7. The van der Waals surface area contributed by atoms with Crippen molar-refractivity contribution >= 4 is 28.3 Å². The van der Waals surface area contributed by atoms with Crippen LogP contribution in [0.2, 0.25) is 0 Å². The Balaban J connectivity index is 1.72. The molecule has 8 heteroatoms. The van der Waals surface area contributed by atoms with Gasteiger partial charge in [-0.05, 0) is 54.3 Å². The summed E-state index contributed by atoms with van der Waals surface area (Å²) in [4.78, 5) is 29.3. The van der Waals surface area contributed by atoms with Gasteiger partial charge in [0.05, 0.1) is 23.5 Å². The van der Waals surface area contributed by atoms with Crippen molar-refractivity contribution in [3.8, 4) is 0 Å². The Labute approximate surface area is 220 Å². The van der Waals surface area contributed by atoms with Crippen molar-refractivity contribution in [1.82, 2.24) is 4.90 Å². The third-order valence-corrected chi connectivity index (χ3v) is 7.27. The van der Waals surface area contributed by atoms with Gasteiger partial charge in [-0.25, -0.2) is 4.79 Å². The van der Waals surface area contributed by atoms with E-state index in [1.807, 2.05) is 48.2 Å². The summed E-state index contributed by atoms with van der Waals surface area (Å²) in [5.74, 6) is -1.17. The van der Waals surface area contributed by atoms with Gasteiger partial charge in [-0.15, -0.1) is 6.58 Å². The number of rotatable bonds is 10. The predicted molar refractivity (Wildman–Crippen MR) is 142 cm³/mol. The standard InChI is InChI=1S/C30H31F3N2O3/c1-3-7-20(4-2)12-17-26(29(37)38)35-19-34(18-21-10-14-23(15-11-21)30(31,32)33)27-24-9-6-5-8-22(24)13-16-25(27)28(35)36/h3,5-6,8-11,13-16,20,26H,1,4,7,12,17-19H2,2H3,(H,37,38)/t20?,26-/m0/s1. The zero-order chi connectivity index (χ0) is 27.4. The summed E-state index contributed by atoms with van der Waals surface area (Å²) in [5, 5.41) is 11.9. The number of allylic oxidation sites excluding steroid dienone is 1. The maximum atomic E-state index is 13.7. The molecule has 2 atom stereocenters. The van der Waals surface area contributed by atoms with Crippen LogP contribution in [-0.2, 0) is 17.5 Å². The van der Waals surface area contributed by atoms with Gasteiger partial charge < -0.3 is 14.9 Å². The Morgan fingerprint density at radius 1 is 1.08 bits per heavy atom. The van der Waals surface area contributed by atoms with E-state index in [0.717, 1.165) is 35.7 Å². The van der Waals surface area contributed by atoms with Gasteiger partial charge in [-0.3, -0.25) is 4.79 Å². The number of alkyl halides is 3. The minimum atomic E-state index is -4.44. The first kappa shape index (κ1) is 27.2. The van der Waals surface area contributed by atoms with Crippen molar-refractivity contribution in [2.24, 2.45) is 5.92 Å². The topological polar surface area (TPSA) is 60.9 Å². The minimum Gasteiger partial charge on any atom is -0.480 e. The number of amides is 1. The second-order valence-corrected chi connectivity index (χ2v) is 9.72. The average molecular weight is 525 g/mol. The molecule has 4 rings (SSSR count). The Morgan fingerprint density at radius 2 is 1.79 bits per heavy atom. The molecule has 1 unspecified atom stereocenters. The van der Waals surface area contributed by atoms with Crippen LogP contribution in [0.25, 0.3) is 10.8 Å². The zero-order valence-electron chi connectivity index (χ0n) is 21.2. The van der Waals surface area contributed by atoms with Crippen LogP contribution in [-0.4, -0.2) is 34.6 Å². The highest BCUT2D eigenvalue weighted by atomic mass is 19.4. The molecule has 1 aliphatic heterocycles. The number of benzene rings is 3. The molecule has 0 aromatic heterocycles. The van der Waals surface area contributed by atoms with E-state index in [-0.39, 0.29) is 25.0 Å². The number of hydrogen-bond acceptors (Lipinski definition) is 3. The molecule has 1 heterocycles. The summed E-state index contributed by atoms with van der Waals surface area (Å²) >= 11 is 0. The SMILES string of the molecule is C=CCC(CC)CC[C@@H](C(=O)O)N1CN(Cc2ccc(C(F)(F)F)cc2)c2c(ccc3ccccc23)C1=O. The Hall–Kier alpha value is -3.81. The number of nitrogens with zero attached hydrogens (tertiary/aromatic N) is 2. The van der Waals surface area contributed by atoms with Crippen molar-refractivity contribution < 1.29 is 27.9 Å². The lowest BCUT2D eigenvalue weighted by Crippen LogP contribution is -2.53. The number of aliphatic carboxylic acids is 1. The first-order chi connectivity index (χ1) is 18.1. The minimum absolute atomic E-state index is 0.01000. The molecule has 1 amide bonds. The maximum absolute atomic E-state index is 13.7. The van der Waals surface area contributed by atoms with Crippen molar-refractivity contribution in [2.75, 3.05) is 11.6 Å². The number of carboxylic acid groups (broad SMARTS) is 1. The van der Waals surface area contributed by atoms with E-state index in [9.17, 15) is 27.9 Å². The van der Waals surface area contributed by atoms with Crippen LogP contribution in [0.1, 0.15) is 54.1 Å². The van der Waals surface area contributed by atoms with Crippen LogP contribution in [0, 0.1) is 5.92 Å². The molecule has 0 saturated heterocycles. The van der Waals surface area contributed by atoms with E-state index in [1.165, 1.54) is 17.0 Å². The highest BCUT2D eigenvalue weighted by molar-refractivity contribution is 6.11. The molecule has 0 fully saturated rings. The van der Waals surface area contributed by atoms with Gasteiger partial charge in [0, 0.05) is 11.9 Å². The molecule has 0 radical (unpaired) electrons. The van der Waals surface area contributed by atoms with Crippen molar-refractivity contribution in [1.29, 1.82) is 0 Å². The summed E-state index contributed by atoms with van der Waals surface area (Å²) < 4.78 is 39.3. The zero-order valence-corrected chi connectivity index (χ0v) is 21.2. The Morgan fingerprint density at radius 3 is 2.42 bits per heavy atom. The smallest absolute Gasteiger partial charge is 0.416 e. The Bertz CT molecular complexity index is 1320. The number of carbonyl (C=O) groups is 2. The van der Waals surface area contributed by atoms with E-state index < -0.39 is 23.8 Å². The number of anilines is 1. The molecule has 0 spiro atoms. The third kappa shape index (κ3) is 5.69.